The first-order valence-electron chi connectivity index (χ1n) is 5.82. The van der Waals surface area contributed by atoms with Crippen LogP contribution in [0.2, 0.25) is 5.02 Å². The van der Waals surface area contributed by atoms with Crippen molar-refractivity contribution in [3.05, 3.63) is 52.6 Å². The maximum Gasteiger partial charge on any atom is 0.259 e. The fraction of sp³-hybridized carbons (Fsp3) is 0.0714. The summed E-state index contributed by atoms with van der Waals surface area (Å²) in [5, 5.41) is 2.60. The second-order valence-electron chi connectivity index (χ2n) is 4.12. The molecule has 2 aromatic rings. The van der Waals surface area contributed by atoms with Crippen molar-refractivity contribution in [1.82, 2.24) is 0 Å². The van der Waals surface area contributed by atoms with Gasteiger partial charge in [0.25, 0.3) is 5.91 Å². The van der Waals surface area contributed by atoms with Crippen LogP contribution < -0.4 is 15.8 Å². The van der Waals surface area contributed by atoms with E-state index in [4.69, 9.17) is 22.1 Å². The second kappa shape index (κ2) is 5.97. The van der Waals surface area contributed by atoms with E-state index < -0.39 is 23.2 Å². The standard InChI is InChI=1S/C14H11ClF2N2O2/c1-21-11-6-7(15)2-3-8(11)14(20)19-13-10(18)5-4-9(16)12(13)17/h2-6H,18H2,1H3,(H,19,20). The van der Waals surface area contributed by atoms with Crippen molar-refractivity contribution >= 4 is 28.9 Å². The highest BCUT2D eigenvalue weighted by Crippen LogP contribution is 2.28. The van der Waals surface area contributed by atoms with E-state index in [9.17, 15) is 13.6 Å². The Morgan fingerprint density at radius 1 is 1.29 bits per heavy atom. The number of amides is 1. The van der Waals surface area contributed by atoms with Crippen LogP contribution >= 0.6 is 11.6 Å². The van der Waals surface area contributed by atoms with Gasteiger partial charge in [-0.25, -0.2) is 8.78 Å². The number of anilines is 2. The van der Waals surface area contributed by atoms with Gasteiger partial charge in [0, 0.05) is 5.02 Å². The number of halogens is 3. The van der Waals surface area contributed by atoms with Crippen LogP contribution in [0.1, 0.15) is 10.4 Å². The van der Waals surface area contributed by atoms with Gasteiger partial charge < -0.3 is 15.8 Å². The number of hydrogen-bond acceptors (Lipinski definition) is 3. The van der Waals surface area contributed by atoms with Crippen LogP contribution in [-0.4, -0.2) is 13.0 Å². The van der Waals surface area contributed by atoms with E-state index in [1.54, 1.807) is 0 Å². The van der Waals surface area contributed by atoms with Crippen LogP contribution in [0.5, 0.6) is 5.75 Å². The highest BCUT2D eigenvalue weighted by atomic mass is 35.5. The topological polar surface area (TPSA) is 64.3 Å². The molecule has 3 N–H and O–H groups in total. The van der Waals surface area contributed by atoms with Crippen molar-refractivity contribution in [3.63, 3.8) is 0 Å². The van der Waals surface area contributed by atoms with E-state index in [2.05, 4.69) is 5.32 Å². The Morgan fingerprint density at radius 2 is 2.00 bits per heavy atom. The summed E-state index contributed by atoms with van der Waals surface area (Å²) < 4.78 is 31.9. The highest BCUT2D eigenvalue weighted by Gasteiger charge is 2.18. The van der Waals surface area contributed by atoms with Crippen LogP contribution in [0.15, 0.2) is 30.3 Å². The quantitative estimate of drug-likeness (QED) is 0.853. The molecule has 0 saturated carbocycles. The molecule has 0 spiro atoms. The summed E-state index contributed by atoms with van der Waals surface area (Å²) >= 11 is 5.79. The van der Waals surface area contributed by atoms with E-state index >= 15 is 0 Å². The summed E-state index contributed by atoms with van der Waals surface area (Å²) in [4.78, 5) is 12.1. The zero-order valence-corrected chi connectivity index (χ0v) is 11.7. The van der Waals surface area contributed by atoms with Crippen molar-refractivity contribution in [2.45, 2.75) is 0 Å². The van der Waals surface area contributed by atoms with Gasteiger partial charge in [0.2, 0.25) is 0 Å². The van der Waals surface area contributed by atoms with Crippen molar-refractivity contribution in [2.75, 3.05) is 18.2 Å². The number of nitrogens with one attached hydrogen (secondary N) is 1. The summed E-state index contributed by atoms with van der Waals surface area (Å²) in [5.41, 5.74) is 5.15. The van der Waals surface area contributed by atoms with Gasteiger partial charge in [-0.3, -0.25) is 4.79 Å². The fourth-order valence-electron chi connectivity index (χ4n) is 1.73. The average Bonchev–Trinajstić information content (AvgIpc) is 2.47. The first-order valence-corrected chi connectivity index (χ1v) is 6.20. The molecule has 0 aromatic heterocycles. The molecule has 110 valence electrons. The van der Waals surface area contributed by atoms with E-state index in [1.807, 2.05) is 0 Å². The van der Waals surface area contributed by atoms with Crippen molar-refractivity contribution in [3.8, 4) is 5.75 Å². The summed E-state index contributed by atoms with van der Waals surface area (Å²) in [6.45, 7) is 0. The molecule has 4 nitrogen and oxygen atoms in total. The Balaban J connectivity index is 2.37. The zero-order valence-electron chi connectivity index (χ0n) is 10.9. The Bertz CT molecular complexity index is 708. The minimum atomic E-state index is -1.23. The molecule has 1 amide bonds. The summed E-state index contributed by atoms with van der Waals surface area (Å²) in [5.74, 6) is -2.83. The number of carbonyl (C=O) groups excluding carboxylic acids is 1. The lowest BCUT2D eigenvalue weighted by molar-refractivity contribution is 0.102. The fourth-order valence-corrected chi connectivity index (χ4v) is 1.89. The van der Waals surface area contributed by atoms with Crippen LogP contribution in [0.4, 0.5) is 20.2 Å². The third kappa shape index (κ3) is 3.05. The number of benzene rings is 2. The number of nitrogen functional groups attached to an aromatic ring is 1. The number of hydrogen-bond donors (Lipinski definition) is 2. The Kier molecular flexibility index (Phi) is 4.28. The first-order chi connectivity index (χ1) is 9.93. The molecule has 0 fully saturated rings. The highest BCUT2D eigenvalue weighted by molar-refractivity contribution is 6.31. The first kappa shape index (κ1) is 15.1. The zero-order chi connectivity index (χ0) is 15.6. The minimum absolute atomic E-state index is 0.0878. The smallest absolute Gasteiger partial charge is 0.259 e. The maximum atomic E-state index is 13.7. The molecular formula is C14H11ClF2N2O2. The predicted molar refractivity (Wildman–Crippen MR) is 76.7 cm³/mol. The van der Waals surface area contributed by atoms with Gasteiger partial charge in [-0.2, -0.15) is 0 Å². The molecule has 0 heterocycles. The van der Waals surface area contributed by atoms with Gasteiger partial charge in [0.15, 0.2) is 11.6 Å². The van der Waals surface area contributed by atoms with Crippen molar-refractivity contribution in [2.24, 2.45) is 0 Å². The van der Waals surface area contributed by atoms with Crippen LogP contribution in [0.25, 0.3) is 0 Å². The molecule has 0 radical (unpaired) electrons. The summed E-state index contributed by atoms with van der Waals surface area (Å²) in [6.07, 6.45) is 0. The third-order valence-electron chi connectivity index (χ3n) is 2.77. The minimum Gasteiger partial charge on any atom is -0.496 e. The Morgan fingerprint density at radius 3 is 2.67 bits per heavy atom. The van der Waals surface area contributed by atoms with E-state index in [0.29, 0.717) is 5.02 Å². The average molecular weight is 313 g/mol. The van der Waals surface area contributed by atoms with Gasteiger partial charge in [0.05, 0.1) is 18.4 Å². The number of carbonyl (C=O) groups is 1. The van der Waals surface area contributed by atoms with Crippen LogP contribution in [-0.2, 0) is 0 Å². The molecule has 0 atom stereocenters. The summed E-state index contributed by atoms with van der Waals surface area (Å²) in [6, 6.07) is 6.35. The number of rotatable bonds is 3. The molecule has 0 aliphatic heterocycles. The van der Waals surface area contributed by atoms with Gasteiger partial charge in [-0.05, 0) is 30.3 Å². The maximum absolute atomic E-state index is 13.7. The molecule has 0 bridgehead atoms. The number of nitrogens with two attached hydrogens (primary N) is 1. The normalized spacial score (nSPS) is 10.3. The van der Waals surface area contributed by atoms with Gasteiger partial charge >= 0.3 is 0 Å². The number of ether oxygens (including phenoxy) is 1. The van der Waals surface area contributed by atoms with E-state index in [0.717, 1.165) is 12.1 Å². The predicted octanol–water partition coefficient (Wildman–Crippen LogP) is 3.46. The van der Waals surface area contributed by atoms with Crippen LogP contribution in [0.3, 0.4) is 0 Å². The van der Waals surface area contributed by atoms with Crippen LogP contribution in [0, 0.1) is 11.6 Å². The molecule has 2 aromatic carbocycles. The van der Waals surface area contributed by atoms with Crippen molar-refractivity contribution in [1.29, 1.82) is 0 Å². The molecular weight excluding hydrogens is 302 g/mol. The van der Waals surface area contributed by atoms with E-state index in [-0.39, 0.29) is 17.0 Å². The summed E-state index contributed by atoms with van der Waals surface area (Å²) in [7, 11) is 1.36. The molecule has 0 unspecified atom stereocenters. The molecule has 2 rings (SSSR count). The second-order valence-corrected chi connectivity index (χ2v) is 4.56. The lowest BCUT2D eigenvalue weighted by atomic mass is 10.1. The lowest BCUT2D eigenvalue weighted by Gasteiger charge is -2.12. The van der Waals surface area contributed by atoms with Gasteiger partial charge in [0.1, 0.15) is 11.4 Å². The van der Waals surface area contributed by atoms with Gasteiger partial charge in [-0.1, -0.05) is 11.6 Å². The molecule has 7 heteroatoms. The molecule has 21 heavy (non-hydrogen) atoms. The Hall–Kier alpha value is -2.34. The molecule has 0 saturated heterocycles. The monoisotopic (exact) mass is 312 g/mol. The molecule has 0 aliphatic carbocycles. The lowest BCUT2D eigenvalue weighted by Crippen LogP contribution is -2.16. The van der Waals surface area contributed by atoms with E-state index in [1.165, 1.54) is 25.3 Å². The molecule has 0 aliphatic rings. The van der Waals surface area contributed by atoms with Crippen molar-refractivity contribution < 1.29 is 18.3 Å². The largest absolute Gasteiger partial charge is 0.496 e. The SMILES string of the molecule is COc1cc(Cl)ccc1C(=O)Nc1c(N)ccc(F)c1F. The third-order valence-corrected chi connectivity index (χ3v) is 3.01. The Labute approximate surface area is 124 Å². The van der Waals surface area contributed by atoms with Gasteiger partial charge in [-0.15, -0.1) is 0 Å². The number of methoxy groups -OCH3 is 1.